The van der Waals surface area contributed by atoms with Crippen molar-refractivity contribution in [3.63, 3.8) is 0 Å². The zero-order chi connectivity index (χ0) is 16.3. The van der Waals surface area contributed by atoms with Crippen LogP contribution in [0.15, 0.2) is 60.7 Å². The van der Waals surface area contributed by atoms with Crippen LogP contribution in [0.1, 0.15) is 24.5 Å². The van der Waals surface area contributed by atoms with E-state index in [1.807, 2.05) is 36.4 Å². The molecule has 0 spiro atoms. The summed E-state index contributed by atoms with van der Waals surface area (Å²) in [4.78, 5) is 2.28. The van der Waals surface area contributed by atoms with Gasteiger partial charge in [-0.2, -0.15) is 0 Å². The highest BCUT2D eigenvalue weighted by Gasteiger charge is 2.12. The van der Waals surface area contributed by atoms with E-state index in [4.69, 9.17) is 4.74 Å². The highest BCUT2D eigenvalue weighted by molar-refractivity contribution is 5.14. The van der Waals surface area contributed by atoms with Gasteiger partial charge in [0.15, 0.2) is 0 Å². The molecule has 0 amide bonds. The Morgan fingerprint density at radius 2 is 1.57 bits per heavy atom. The third-order valence-electron chi connectivity index (χ3n) is 3.68. The van der Waals surface area contributed by atoms with E-state index < -0.39 is 6.10 Å². The third-order valence-corrected chi connectivity index (χ3v) is 3.68. The van der Waals surface area contributed by atoms with E-state index >= 15 is 0 Å². The molecule has 0 bridgehead atoms. The monoisotopic (exact) mass is 313 g/mol. The fraction of sp³-hybridized carbons (Fsp3) is 0.400. The molecular formula is C20H27NO2. The summed E-state index contributed by atoms with van der Waals surface area (Å²) in [5.74, 6) is 0. The molecule has 2 aromatic rings. The molecule has 2 aromatic carbocycles. The Morgan fingerprint density at radius 1 is 0.957 bits per heavy atom. The molecule has 0 saturated heterocycles. The second-order valence-corrected chi connectivity index (χ2v) is 5.88. The van der Waals surface area contributed by atoms with Crippen LogP contribution < -0.4 is 0 Å². The first-order valence-corrected chi connectivity index (χ1v) is 8.34. The molecule has 0 aliphatic rings. The average molecular weight is 313 g/mol. The molecule has 0 radical (unpaired) electrons. The van der Waals surface area contributed by atoms with Crippen LogP contribution >= 0.6 is 0 Å². The molecule has 23 heavy (non-hydrogen) atoms. The van der Waals surface area contributed by atoms with Crippen molar-refractivity contribution in [3.05, 3.63) is 71.8 Å². The van der Waals surface area contributed by atoms with Crippen LogP contribution in [-0.2, 0) is 17.9 Å². The molecular weight excluding hydrogens is 286 g/mol. The number of benzene rings is 2. The zero-order valence-electron chi connectivity index (χ0n) is 13.9. The summed E-state index contributed by atoms with van der Waals surface area (Å²) >= 11 is 0. The van der Waals surface area contributed by atoms with Crippen molar-refractivity contribution in [2.75, 3.05) is 19.7 Å². The number of hydrogen-bond acceptors (Lipinski definition) is 3. The first-order chi connectivity index (χ1) is 11.3. The van der Waals surface area contributed by atoms with Gasteiger partial charge in [-0.3, -0.25) is 4.90 Å². The van der Waals surface area contributed by atoms with Gasteiger partial charge in [-0.15, -0.1) is 0 Å². The summed E-state index contributed by atoms with van der Waals surface area (Å²) in [5, 5.41) is 10.2. The molecule has 3 nitrogen and oxygen atoms in total. The number of ether oxygens (including phenoxy) is 1. The molecule has 2 rings (SSSR count). The number of aliphatic hydroxyl groups is 1. The van der Waals surface area contributed by atoms with Crippen molar-refractivity contribution in [2.24, 2.45) is 0 Å². The van der Waals surface area contributed by atoms with Gasteiger partial charge < -0.3 is 9.84 Å². The Labute approximate surface area is 139 Å². The van der Waals surface area contributed by atoms with Crippen LogP contribution in [0.4, 0.5) is 0 Å². The largest absolute Gasteiger partial charge is 0.389 e. The van der Waals surface area contributed by atoms with E-state index in [9.17, 15) is 5.11 Å². The lowest BCUT2D eigenvalue weighted by Crippen LogP contribution is -2.35. The SMILES string of the molecule is CCCN(Cc1ccccc1)C[C@H](O)COCc1ccccc1. The molecule has 0 aliphatic carbocycles. The van der Waals surface area contributed by atoms with E-state index in [1.54, 1.807) is 0 Å². The number of nitrogens with zero attached hydrogens (tertiary/aromatic N) is 1. The summed E-state index contributed by atoms with van der Waals surface area (Å²) in [6, 6.07) is 20.4. The van der Waals surface area contributed by atoms with Crippen LogP contribution in [0.2, 0.25) is 0 Å². The Balaban J connectivity index is 1.75. The molecule has 0 heterocycles. The molecule has 1 N–H and O–H groups in total. The smallest absolute Gasteiger partial charge is 0.0900 e. The van der Waals surface area contributed by atoms with E-state index in [-0.39, 0.29) is 0 Å². The Kier molecular flexibility index (Phi) is 7.81. The van der Waals surface area contributed by atoms with Crippen molar-refractivity contribution in [2.45, 2.75) is 32.6 Å². The van der Waals surface area contributed by atoms with E-state index in [0.717, 1.165) is 25.1 Å². The maximum Gasteiger partial charge on any atom is 0.0900 e. The van der Waals surface area contributed by atoms with Crippen molar-refractivity contribution >= 4 is 0 Å². The average Bonchev–Trinajstić information content (AvgIpc) is 2.57. The molecule has 0 aromatic heterocycles. The number of rotatable bonds is 10. The van der Waals surface area contributed by atoms with Gasteiger partial charge in [0.2, 0.25) is 0 Å². The van der Waals surface area contributed by atoms with Crippen molar-refractivity contribution < 1.29 is 9.84 Å². The molecule has 0 fully saturated rings. The fourth-order valence-electron chi connectivity index (χ4n) is 2.63. The van der Waals surface area contributed by atoms with Gasteiger partial charge in [-0.1, -0.05) is 67.6 Å². The summed E-state index contributed by atoms with van der Waals surface area (Å²) in [5.41, 5.74) is 2.41. The lowest BCUT2D eigenvalue weighted by molar-refractivity contribution is 0.00856. The summed E-state index contributed by atoms with van der Waals surface area (Å²) in [6.45, 7) is 5.55. The van der Waals surface area contributed by atoms with Gasteiger partial charge in [-0.25, -0.2) is 0 Å². The Morgan fingerprint density at radius 3 is 2.17 bits per heavy atom. The number of hydrogen-bond donors (Lipinski definition) is 1. The third kappa shape index (κ3) is 6.95. The van der Waals surface area contributed by atoms with Gasteiger partial charge in [0.25, 0.3) is 0 Å². The quantitative estimate of drug-likeness (QED) is 0.729. The molecule has 124 valence electrons. The first kappa shape index (κ1) is 17.7. The van der Waals surface area contributed by atoms with Crippen LogP contribution in [0.5, 0.6) is 0 Å². The number of aliphatic hydroxyl groups excluding tert-OH is 1. The van der Waals surface area contributed by atoms with Gasteiger partial charge in [0.1, 0.15) is 0 Å². The zero-order valence-corrected chi connectivity index (χ0v) is 13.9. The van der Waals surface area contributed by atoms with Crippen molar-refractivity contribution in [1.82, 2.24) is 4.90 Å². The van der Waals surface area contributed by atoms with Crippen LogP contribution in [0, 0.1) is 0 Å². The molecule has 3 heteroatoms. The van der Waals surface area contributed by atoms with Crippen LogP contribution in [0.3, 0.4) is 0 Å². The minimum absolute atomic E-state index is 0.365. The predicted octanol–water partition coefficient (Wildman–Crippen LogP) is 3.48. The molecule has 0 saturated carbocycles. The first-order valence-electron chi connectivity index (χ1n) is 8.34. The van der Waals surface area contributed by atoms with Gasteiger partial charge in [0.05, 0.1) is 19.3 Å². The molecule has 0 aliphatic heterocycles. The maximum absolute atomic E-state index is 10.2. The molecule has 1 atom stereocenters. The second kappa shape index (κ2) is 10.2. The van der Waals surface area contributed by atoms with E-state index in [2.05, 4.69) is 36.1 Å². The van der Waals surface area contributed by atoms with Crippen LogP contribution in [0.25, 0.3) is 0 Å². The fourth-order valence-corrected chi connectivity index (χ4v) is 2.63. The predicted molar refractivity (Wildman–Crippen MR) is 94.1 cm³/mol. The lowest BCUT2D eigenvalue weighted by Gasteiger charge is -2.24. The minimum Gasteiger partial charge on any atom is -0.389 e. The minimum atomic E-state index is -0.464. The lowest BCUT2D eigenvalue weighted by atomic mass is 10.2. The normalized spacial score (nSPS) is 12.5. The molecule has 0 unspecified atom stereocenters. The van der Waals surface area contributed by atoms with Crippen molar-refractivity contribution in [1.29, 1.82) is 0 Å². The standard InChI is InChI=1S/C20H27NO2/c1-2-13-21(14-18-9-5-3-6-10-18)15-20(22)17-23-16-19-11-7-4-8-12-19/h3-12,20,22H,2,13-17H2,1H3/t20-/m0/s1. The summed E-state index contributed by atoms with van der Waals surface area (Å²) < 4.78 is 5.63. The van der Waals surface area contributed by atoms with E-state index in [0.29, 0.717) is 19.8 Å². The Hall–Kier alpha value is -1.68. The summed E-state index contributed by atoms with van der Waals surface area (Å²) in [6.07, 6.45) is 0.610. The van der Waals surface area contributed by atoms with Gasteiger partial charge in [0, 0.05) is 13.1 Å². The highest BCUT2D eigenvalue weighted by Crippen LogP contribution is 2.07. The topological polar surface area (TPSA) is 32.7 Å². The summed E-state index contributed by atoms with van der Waals surface area (Å²) in [7, 11) is 0. The highest BCUT2D eigenvalue weighted by atomic mass is 16.5. The van der Waals surface area contributed by atoms with E-state index in [1.165, 1.54) is 5.56 Å². The Bertz CT molecular complexity index is 530. The van der Waals surface area contributed by atoms with Crippen molar-refractivity contribution in [3.8, 4) is 0 Å². The maximum atomic E-state index is 10.2. The van der Waals surface area contributed by atoms with Crippen LogP contribution in [-0.4, -0.2) is 35.8 Å². The van der Waals surface area contributed by atoms with Gasteiger partial charge in [-0.05, 0) is 24.1 Å². The second-order valence-electron chi connectivity index (χ2n) is 5.88. The van der Waals surface area contributed by atoms with Gasteiger partial charge >= 0.3 is 0 Å².